The van der Waals surface area contributed by atoms with Crippen molar-refractivity contribution in [2.45, 2.75) is 26.9 Å². The predicted octanol–water partition coefficient (Wildman–Crippen LogP) is 2.16. The number of nitrogens with zero attached hydrogens (tertiary/aromatic N) is 2. The number of carbonyl (C=O) groups excluding carboxylic acids is 2. The largest absolute Gasteiger partial charge is 0.365 e. The molecule has 1 aliphatic heterocycles. The van der Waals surface area contributed by atoms with E-state index in [0.717, 1.165) is 18.1 Å². The standard InChI is InChI=1S/C17H20N4O2S/c1-11-7-13(24-10-11)8-19-16-4-3-14-15(20-16)9-21(17(14)23)6-5-18-12(2)22/h3-4,7,10H,5-6,8-9H2,1-2H3,(H,18,22)(H,19,20). The van der Waals surface area contributed by atoms with Crippen molar-refractivity contribution in [2.75, 3.05) is 18.4 Å². The second kappa shape index (κ2) is 7.00. The molecule has 0 atom stereocenters. The number of aryl methyl sites for hydroxylation is 1. The average molecular weight is 344 g/mol. The van der Waals surface area contributed by atoms with Crippen LogP contribution in [0.3, 0.4) is 0 Å². The predicted molar refractivity (Wildman–Crippen MR) is 94.0 cm³/mol. The lowest BCUT2D eigenvalue weighted by atomic mass is 10.2. The summed E-state index contributed by atoms with van der Waals surface area (Å²) in [5.41, 5.74) is 2.70. The molecule has 1 aliphatic rings. The Bertz CT molecular complexity index is 772. The lowest BCUT2D eigenvalue weighted by Crippen LogP contribution is -2.34. The maximum absolute atomic E-state index is 12.3. The van der Waals surface area contributed by atoms with E-state index in [2.05, 4.69) is 34.0 Å². The van der Waals surface area contributed by atoms with Crippen LogP contribution in [0.5, 0.6) is 0 Å². The van der Waals surface area contributed by atoms with Crippen molar-refractivity contribution >= 4 is 29.0 Å². The number of carbonyl (C=O) groups is 2. The molecule has 0 fully saturated rings. The van der Waals surface area contributed by atoms with Crippen LogP contribution in [0, 0.1) is 6.92 Å². The summed E-state index contributed by atoms with van der Waals surface area (Å²) >= 11 is 1.72. The van der Waals surface area contributed by atoms with Gasteiger partial charge in [-0.15, -0.1) is 11.3 Å². The van der Waals surface area contributed by atoms with Crippen LogP contribution in [0.2, 0.25) is 0 Å². The second-order valence-electron chi connectivity index (χ2n) is 5.84. The molecule has 0 spiro atoms. The number of pyridine rings is 1. The summed E-state index contributed by atoms with van der Waals surface area (Å²) in [5, 5.41) is 8.14. The van der Waals surface area contributed by atoms with Gasteiger partial charge in [0.25, 0.3) is 5.91 Å². The highest BCUT2D eigenvalue weighted by Crippen LogP contribution is 2.23. The van der Waals surface area contributed by atoms with Gasteiger partial charge in [0.1, 0.15) is 5.82 Å². The van der Waals surface area contributed by atoms with Crippen molar-refractivity contribution in [3.05, 3.63) is 45.3 Å². The summed E-state index contributed by atoms with van der Waals surface area (Å²) in [6, 6.07) is 5.82. The van der Waals surface area contributed by atoms with Crippen molar-refractivity contribution < 1.29 is 9.59 Å². The Morgan fingerprint density at radius 1 is 1.42 bits per heavy atom. The zero-order valence-electron chi connectivity index (χ0n) is 13.8. The SMILES string of the molecule is CC(=O)NCCN1Cc2nc(NCc3cc(C)cs3)ccc2C1=O. The van der Waals surface area contributed by atoms with Gasteiger partial charge in [-0.2, -0.15) is 0 Å². The fraction of sp³-hybridized carbons (Fsp3) is 0.353. The Morgan fingerprint density at radius 3 is 2.96 bits per heavy atom. The van der Waals surface area contributed by atoms with E-state index in [1.54, 1.807) is 16.2 Å². The topological polar surface area (TPSA) is 74.3 Å². The second-order valence-corrected chi connectivity index (χ2v) is 6.84. The van der Waals surface area contributed by atoms with Crippen LogP contribution in [-0.2, 0) is 17.9 Å². The number of nitrogens with one attached hydrogen (secondary N) is 2. The highest BCUT2D eigenvalue weighted by molar-refractivity contribution is 7.10. The Kier molecular flexibility index (Phi) is 4.80. The molecule has 3 rings (SSSR count). The molecule has 0 saturated carbocycles. The lowest BCUT2D eigenvalue weighted by molar-refractivity contribution is -0.119. The van der Waals surface area contributed by atoms with E-state index in [1.165, 1.54) is 17.4 Å². The van der Waals surface area contributed by atoms with Gasteiger partial charge in [0, 0.05) is 24.9 Å². The molecular weight excluding hydrogens is 324 g/mol. The molecule has 126 valence electrons. The molecule has 0 saturated heterocycles. The Hall–Kier alpha value is -2.41. The quantitative estimate of drug-likeness (QED) is 0.842. The minimum Gasteiger partial charge on any atom is -0.365 e. The van der Waals surface area contributed by atoms with E-state index < -0.39 is 0 Å². The van der Waals surface area contributed by atoms with Crippen LogP contribution in [-0.4, -0.2) is 34.8 Å². The molecule has 0 radical (unpaired) electrons. The van der Waals surface area contributed by atoms with E-state index in [9.17, 15) is 9.59 Å². The van der Waals surface area contributed by atoms with Crippen molar-refractivity contribution in [3.8, 4) is 0 Å². The van der Waals surface area contributed by atoms with Crippen molar-refractivity contribution in [2.24, 2.45) is 0 Å². The van der Waals surface area contributed by atoms with Crippen LogP contribution in [0.4, 0.5) is 5.82 Å². The number of aromatic nitrogens is 1. The fourth-order valence-electron chi connectivity index (χ4n) is 2.65. The van der Waals surface area contributed by atoms with Gasteiger partial charge < -0.3 is 15.5 Å². The summed E-state index contributed by atoms with van der Waals surface area (Å²) < 4.78 is 0. The maximum Gasteiger partial charge on any atom is 0.256 e. The van der Waals surface area contributed by atoms with Gasteiger partial charge in [0.15, 0.2) is 0 Å². The van der Waals surface area contributed by atoms with Crippen LogP contribution in [0.1, 0.15) is 33.4 Å². The van der Waals surface area contributed by atoms with Crippen LogP contribution in [0.25, 0.3) is 0 Å². The first-order chi connectivity index (χ1) is 11.5. The van der Waals surface area contributed by atoms with Crippen LogP contribution < -0.4 is 10.6 Å². The molecular formula is C17H20N4O2S. The molecule has 2 N–H and O–H groups in total. The van der Waals surface area contributed by atoms with E-state index >= 15 is 0 Å². The van der Waals surface area contributed by atoms with Crippen molar-refractivity contribution in [1.82, 2.24) is 15.2 Å². The smallest absolute Gasteiger partial charge is 0.256 e. The summed E-state index contributed by atoms with van der Waals surface area (Å²) in [5.74, 6) is 0.659. The minimum absolute atomic E-state index is 0.0247. The fourth-order valence-corrected chi connectivity index (χ4v) is 3.46. The Morgan fingerprint density at radius 2 is 2.25 bits per heavy atom. The monoisotopic (exact) mass is 344 g/mol. The zero-order valence-corrected chi connectivity index (χ0v) is 14.6. The summed E-state index contributed by atoms with van der Waals surface area (Å²) in [4.78, 5) is 30.8. The molecule has 6 nitrogen and oxygen atoms in total. The number of hydrogen-bond donors (Lipinski definition) is 2. The molecule has 2 aromatic heterocycles. The molecule has 3 heterocycles. The first-order valence-corrected chi connectivity index (χ1v) is 8.72. The average Bonchev–Trinajstić information content (AvgIpc) is 3.09. The van der Waals surface area contributed by atoms with Gasteiger partial charge in [-0.3, -0.25) is 9.59 Å². The highest BCUT2D eigenvalue weighted by Gasteiger charge is 2.28. The maximum atomic E-state index is 12.3. The Labute approximate surface area is 144 Å². The Balaban J connectivity index is 1.61. The molecule has 2 aromatic rings. The molecule has 0 bridgehead atoms. The molecule has 2 amide bonds. The number of hydrogen-bond acceptors (Lipinski definition) is 5. The van der Waals surface area contributed by atoms with Crippen molar-refractivity contribution in [1.29, 1.82) is 0 Å². The van der Waals surface area contributed by atoms with E-state index in [0.29, 0.717) is 25.2 Å². The molecule has 0 aromatic carbocycles. The minimum atomic E-state index is -0.0902. The van der Waals surface area contributed by atoms with Gasteiger partial charge in [0.2, 0.25) is 5.91 Å². The number of anilines is 1. The summed E-state index contributed by atoms with van der Waals surface area (Å²) in [7, 11) is 0. The van der Waals surface area contributed by atoms with E-state index in [-0.39, 0.29) is 11.8 Å². The van der Waals surface area contributed by atoms with Crippen LogP contribution >= 0.6 is 11.3 Å². The summed E-state index contributed by atoms with van der Waals surface area (Å²) in [6.45, 7) is 5.71. The first kappa shape index (κ1) is 16.4. The van der Waals surface area contributed by atoms with Gasteiger partial charge >= 0.3 is 0 Å². The number of rotatable bonds is 6. The number of amides is 2. The van der Waals surface area contributed by atoms with Crippen LogP contribution in [0.15, 0.2) is 23.6 Å². The number of thiophene rings is 1. The lowest BCUT2D eigenvalue weighted by Gasteiger charge is -2.14. The first-order valence-electron chi connectivity index (χ1n) is 7.84. The van der Waals surface area contributed by atoms with Gasteiger partial charge in [0.05, 0.1) is 24.3 Å². The van der Waals surface area contributed by atoms with E-state index in [1.807, 2.05) is 12.1 Å². The zero-order chi connectivity index (χ0) is 17.1. The molecule has 7 heteroatoms. The van der Waals surface area contributed by atoms with Gasteiger partial charge in [-0.1, -0.05) is 0 Å². The third-order valence-electron chi connectivity index (χ3n) is 3.82. The molecule has 0 unspecified atom stereocenters. The normalized spacial score (nSPS) is 13.1. The highest BCUT2D eigenvalue weighted by atomic mass is 32.1. The van der Waals surface area contributed by atoms with Gasteiger partial charge in [-0.25, -0.2) is 4.98 Å². The van der Waals surface area contributed by atoms with E-state index in [4.69, 9.17) is 0 Å². The molecule has 24 heavy (non-hydrogen) atoms. The van der Waals surface area contributed by atoms with Crippen molar-refractivity contribution in [3.63, 3.8) is 0 Å². The third kappa shape index (κ3) is 3.73. The third-order valence-corrected chi connectivity index (χ3v) is 4.87. The summed E-state index contributed by atoms with van der Waals surface area (Å²) in [6.07, 6.45) is 0. The molecule has 0 aliphatic carbocycles. The van der Waals surface area contributed by atoms with Gasteiger partial charge in [-0.05, 0) is 36.1 Å². The number of fused-ring (bicyclic) bond motifs is 1.